The highest BCUT2D eigenvalue weighted by Crippen LogP contribution is 2.36. The Morgan fingerprint density at radius 2 is 1.50 bits per heavy atom. The Labute approximate surface area is 258 Å². The number of ether oxygens (including phenoxy) is 2. The molecule has 44 heavy (non-hydrogen) atoms. The highest BCUT2D eigenvalue weighted by molar-refractivity contribution is 5.90. The second-order valence-corrected chi connectivity index (χ2v) is 10.6. The van der Waals surface area contributed by atoms with Crippen molar-refractivity contribution in [3.05, 3.63) is 143 Å². The fourth-order valence-electron chi connectivity index (χ4n) is 5.35. The van der Waals surface area contributed by atoms with Gasteiger partial charge >= 0.3 is 5.97 Å². The molecule has 2 heterocycles. The van der Waals surface area contributed by atoms with Crippen LogP contribution in [0.5, 0.6) is 0 Å². The van der Waals surface area contributed by atoms with Crippen LogP contribution in [0.2, 0.25) is 0 Å². The third-order valence-electron chi connectivity index (χ3n) is 7.51. The van der Waals surface area contributed by atoms with E-state index in [1.165, 1.54) is 7.11 Å². The summed E-state index contributed by atoms with van der Waals surface area (Å²) in [6.45, 7) is 4.70. The molecule has 7 nitrogen and oxygen atoms in total. The number of aromatic nitrogens is 3. The van der Waals surface area contributed by atoms with Gasteiger partial charge in [0.15, 0.2) is 0 Å². The second-order valence-electron chi connectivity index (χ2n) is 10.6. The molecular weight excluding hydrogens is 548 g/mol. The van der Waals surface area contributed by atoms with Gasteiger partial charge in [-0.3, -0.25) is 15.0 Å². The molecule has 0 fully saturated rings. The van der Waals surface area contributed by atoms with E-state index in [0.29, 0.717) is 29.2 Å². The summed E-state index contributed by atoms with van der Waals surface area (Å²) in [6, 6.07) is 34.9. The van der Waals surface area contributed by atoms with E-state index in [1.807, 2.05) is 39.1 Å². The summed E-state index contributed by atoms with van der Waals surface area (Å²) in [4.78, 5) is 16.8. The van der Waals surface area contributed by atoms with Crippen molar-refractivity contribution in [2.24, 2.45) is 7.05 Å². The third-order valence-corrected chi connectivity index (χ3v) is 7.51. The zero-order valence-corrected chi connectivity index (χ0v) is 25.5. The van der Waals surface area contributed by atoms with E-state index < -0.39 is 11.5 Å². The van der Waals surface area contributed by atoms with Gasteiger partial charge in [0.05, 0.1) is 41.8 Å². The van der Waals surface area contributed by atoms with Crippen LogP contribution in [0.3, 0.4) is 0 Å². The van der Waals surface area contributed by atoms with Gasteiger partial charge in [-0.25, -0.2) is 4.79 Å². The van der Waals surface area contributed by atoms with E-state index >= 15 is 0 Å². The number of hydrogen-bond donors (Lipinski definition) is 1. The minimum Gasteiger partial charge on any atom is -0.465 e. The number of hydrogen-bond acceptors (Lipinski definition) is 6. The molecule has 1 N–H and O–H groups in total. The maximum atomic E-state index is 12.2. The number of nitrogens with one attached hydrogen (secondary N) is 1. The summed E-state index contributed by atoms with van der Waals surface area (Å²) in [6.07, 6.45) is 1.57. The minimum atomic E-state index is -0.569. The Bertz CT molecular complexity index is 1660. The van der Waals surface area contributed by atoms with Crippen molar-refractivity contribution in [1.29, 1.82) is 0 Å². The van der Waals surface area contributed by atoms with Crippen LogP contribution in [0.4, 0.5) is 0 Å². The molecule has 0 bridgehead atoms. The molecule has 0 amide bonds. The van der Waals surface area contributed by atoms with Crippen molar-refractivity contribution in [2.45, 2.75) is 25.5 Å². The Balaban J connectivity index is 1.34. The normalized spacial score (nSPS) is 11.8. The average Bonchev–Trinajstić information content (AvgIpc) is 3.44. The van der Waals surface area contributed by atoms with Crippen molar-refractivity contribution in [3.8, 4) is 23.1 Å². The van der Waals surface area contributed by atoms with Gasteiger partial charge in [-0.15, -0.1) is 0 Å². The highest BCUT2D eigenvalue weighted by atomic mass is 16.5. The predicted molar refractivity (Wildman–Crippen MR) is 172 cm³/mol. The first-order valence-corrected chi connectivity index (χ1v) is 14.5. The number of carbonyl (C=O) groups excluding carboxylic acids is 1. The summed E-state index contributed by atoms with van der Waals surface area (Å²) in [5.41, 5.74) is 6.04. The molecule has 3 aromatic carbocycles. The molecule has 222 valence electrons. The first-order chi connectivity index (χ1) is 21.4. The largest absolute Gasteiger partial charge is 0.465 e. The summed E-state index contributed by atoms with van der Waals surface area (Å²) in [5, 5.41) is 8.25. The molecule has 0 aliphatic rings. The standard InChI is InChI=1S/C37H36N4O3/c1-27-23-29(36(42)43-4)24-34(40-27)33-26-39-41(3)35(33)21-14-22-44-28(2)25-38-37(30-15-8-5-9-16-30,31-17-10-6-11-18-31)32-19-12-7-13-20-32/h5-13,15-20,23-24,26,28,38H,22,25H2,1-4H3. The van der Waals surface area contributed by atoms with E-state index in [1.54, 1.807) is 23.0 Å². The monoisotopic (exact) mass is 584 g/mol. The number of benzene rings is 3. The first kappa shape index (κ1) is 30.4. The Kier molecular flexibility index (Phi) is 9.65. The number of methoxy groups -OCH3 is 1. The Hall–Kier alpha value is -5.03. The predicted octanol–water partition coefficient (Wildman–Crippen LogP) is 5.92. The maximum Gasteiger partial charge on any atom is 0.337 e. The van der Waals surface area contributed by atoms with Crippen LogP contribution < -0.4 is 5.32 Å². The van der Waals surface area contributed by atoms with E-state index in [2.05, 4.69) is 100 Å². The summed E-state index contributed by atoms with van der Waals surface area (Å²) in [7, 11) is 3.19. The molecule has 0 radical (unpaired) electrons. The van der Waals surface area contributed by atoms with E-state index in [4.69, 9.17) is 9.47 Å². The molecule has 0 aliphatic carbocycles. The van der Waals surface area contributed by atoms with E-state index in [9.17, 15) is 4.79 Å². The van der Waals surface area contributed by atoms with Crippen LogP contribution in [0.15, 0.2) is 109 Å². The van der Waals surface area contributed by atoms with Gasteiger partial charge in [0.2, 0.25) is 0 Å². The van der Waals surface area contributed by atoms with Gasteiger partial charge in [-0.2, -0.15) is 5.10 Å². The number of carbonyl (C=O) groups is 1. The zero-order valence-electron chi connectivity index (χ0n) is 25.5. The lowest BCUT2D eigenvalue weighted by Crippen LogP contribution is -2.47. The van der Waals surface area contributed by atoms with E-state index in [-0.39, 0.29) is 12.7 Å². The lowest BCUT2D eigenvalue weighted by atomic mass is 9.77. The molecule has 1 atom stereocenters. The van der Waals surface area contributed by atoms with Gasteiger partial charge in [0, 0.05) is 19.3 Å². The van der Waals surface area contributed by atoms with Gasteiger partial charge in [-0.1, -0.05) is 96.9 Å². The molecule has 0 spiro atoms. The molecule has 0 saturated carbocycles. The zero-order chi connectivity index (χ0) is 30.9. The van der Waals surface area contributed by atoms with Crippen LogP contribution >= 0.6 is 0 Å². The molecule has 0 aliphatic heterocycles. The van der Waals surface area contributed by atoms with Crippen LogP contribution in [-0.4, -0.2) is 47.1 Å². The topological polar surface area (TPSA) is 78.3 Å². The minimum absolute atomic E-state index is 0.133. The molecule has 0 saturated heterocycles. The lowest BCUT2D eigenvalue weighted by molar-refractivity contribution is 0.0600. The number of aryl methyl sites for hydroxylation is 2. The van der Waals surface area contributed by atoms with E-state index in [0.717, 1.165) is 22.3 Å². The van der Waals surface area contributed by atoms with Crippen molar-refractivity contribution in [2.75, 3.05) is 20.3 Å². The van der Waals surface area contributed by atoms with Crippen molar-refractivity contribution >= 4 is 5.97 Å². The van der Waals surface area contributed by atoms with Gasteiger partial charge in [0.25, 0.3) is 0 Å². The Morgan fingerprint density at radius 3 is 2.05 bits per heavy atom. The third kappa shape index (κ3) is 6.63. The number of esters is 1. The second kappa shape index (κ2) is 14.0. The smallest absolute Gasteiger partial charge is 0.337 e. The van der Waals surface area contributed by atoms with Crippen LogP contribution in [0.1, 0.15) is 45.4 Å². The van der Waals surface area contributed by atoms with Gasteiger partial charge < -0.3 is 9.47 Å². The quantitative estimate of drug-likeness (QED) is 0.125. The molecule has 2 aromatic heterocycles. The first-order valence-electron chi connectivity index (χ1n) is 14.5. The van der Waals surface area contributed by atoms with Crippen molar-refractivity contribution in [3.63, 3.8) is 0 Å². The van der Waals surface area contributed by atoms with Crippen molar-refractivity contribution < 1.29 is 14.3 Å². The number of pyridine rings is 1. The molecule has 7 heteroatoms. The van der Waals surface area contributed by atoms with Gasteiger partial charge in [-0.05, 0) is 48.6 Å². The maximum absolute atomic E-state index is 12.2. The summed E-state index contributed by atoms with van der Waals surface area (Å²) in [5.74, 6) is 5.92. The number of rotatable bonds is 10. The molecular formula is C37H36N4O3. The SMILES string of the molecule is COC(=O)c1cc(C)nc(-c2cnn(C)c2C#CCOC(C)CNC(c2ccccc2)(c2ccccc2)c2ccccc2)c1. The van der Waals surface area contributed by atoms with Gasteiger partial charge in [0.1, 0.15) is 12.3 Å². The van der Waals surface area contributed by atoms with Crippen molar-refractivity contribution in [1.82, 2.24) is 20.1 Å². The summed E-state index contributed by atoms with van der Waals surface area (Å²) < 4.78 is 12.8. The highest BCUT2D eigenvalue weighted by Gasteiger charge is 2.36. The molecule has 5 aromatic rings. The summed E-state index contributed by atoms with van der Waals surface area (Å²) >= 11 is 0. The fourth-order valence-corrected chi connectivity index (χ4v) is 5.35. The average molecular weight is 585 g/mol. The van der Waals surface area contributed by atoms with Crippen LogP contribution in [0, 0.1) is 18.8 Å². The number of nitrogens with zero attached hydrogens (tertiary/aromatic N) is 3. The molecule has 5 rings (SSSR count). The van der Waals surface area contributed by atoms with Crippen LogP contribution in [-0.2, 0) is 22.1 Å². The fraction of sp³-hybridized carbons (Fsp3) is 0.216. The van der Waals surface area contributed by atoms with Crippen LogP contribution in [0.25, 0.3) is 11.3 Å². The Morgan fingerprint density at radius 1 is 0.932 bits per heavy atom. The molecule has 1 unspecified atom stereocenters. The lowest BCUT2D eigenvalue weighted by Gasteiger charge is -2.38.